The number of hydrogen-bond donors (Lipinski definition) is 3. The fourth-order valence-corrected chi connectivity index (χ4v) is 4.35. The van der Waals surface area contributed by atoms with Crippen LogP contribution in [0, 0.1) is 6.92 Å². The van der Waals surface area contributed by atoms with E-state index in [0.717, 1.165) is 23.7 Å². The molecule has 0 saturated heterocycles. The molecule has 3 N–H and O–H groups in total. The molecule has 154 valence electrons. The van der Waals surface area contributed by atoms with E-state index in [9.17, 15) is 0 Å². The molecule has 2 aromatic carbocycles. The highest BCUT2D eigenvalue weighted by molar-refractivity contribution is 7.80. The van der Waals surface area contributed by atoms with Gasteiger partial charge >= 0.3 is 0 Å². The molecule has 0 atom stereocenters. The Morgan fingerprint density at radius 1 is 0.933 bits per heavy atom. The smallest absolute Gasteiger partial charge is 0.170 e. The van der Waals surface area contributed by atoms with Crippen LogP contribution in [-0.2, 0) is 5.41 Å². The number of thiocarbonyl (C=S) groups is 1. The van der Waals surface area contributed by atoms with Crippen molar-refractivity contribution in [1.82, 2.24) is 10.3 Å². The Morgan fingerprint density at radius 3 is 2.30 bits per heavy atom. The number of nitrogens with zero attached hydrogens (tertiary/aromatic N) is 1. The number of nitrogens with one attached hydrogen (secondary N) is 3. The molecule has 1 heterocycles. The predicted octanol–water partition coefficient (Wildman–Crippen LogP) is 5.93. The zero-order chi connectivity index (χ0) is 20.8. The third-order valence-corrected chi connectivity index (χ3v) is 6.13. The Kier molecular flexibility index (Phi) is 6.29. The monoisotopic (exact) mass is 416 g/mol. The van der Waals surface area contributed by atoms with Crippen LogP contribution in [0.3, 0.4) is 0 Å². The normalized spacial score (nSPS) is 14.8. The maximum absolute atomic E-state index is 5.55. The van der Waals surface area contributed by atoms with Gasteiger partial charge in [0.25, 0.3) is 0 Å². The molecule has 0 spiro atoms. The first kappa shape index (κ1) is 20.4. The van der Waals surface area contributed by atoms with Crippen LogP contribution in [0.2, 0.25) is 0 Å². The van der Waals surface area contributed by atoms with Crippen molar-refractivity contribution in [2.75, 3.05) is 17.2 Å². The SMILES string of the molecule is Cc1ccc(Nc2ccc(NC(=S)NCC3(c4ccccc4)CCCC3)cn2)cc1. The van der Waals surface area contributed by atoms with E-state index in [2.05, 4.69) is 70.3 Å². The van der Waals surface area contributed by atoms with Crippen LogP contribution in [0.15, 0.2) is 72.9 Å². The van der Waals surface area contributed by atoms with Crippen molar-refractivity contribution in [3.8, 4) is 0 Å². The molecule has 1 aliphatic rings. The lowest BCUT2D eigenvalue weighted by molar-refractivity contribution is 0.435. The van der Waals surface area contributed by atoms with Gasteiger partial charge in [0, 0.05) is 17.6 Å². The molecule has 4 nitrogen and oxygen atoms in total. The molecule has 4 rings (SSSR count). The van der Waals surface area contributed by atoms with Crippen molar-refractivity contribution >= 4 is 34.5 Å². The highest BCUT2D eigenvalue weighted by Crippen LogP contribution is 2.40. The Hall–Kier alpha value is -2.92. The molecule has 30 heavy (non-hydrogen) atoms. The molecule has 0 amide bonds. The molecule has 1 fully saturated rings. The second kappa shape index (κ2) is 9.26. The molecular weight excluding hydrogens is 388 g/mol. The first-order chi connectivity index (χ1) is 14.6. The van der Waals surface area contributed by atoms with Gasteiger partial charge in [-0.15, -0.1) is 0 Å². The Balaban J connectivity index is 1.33. The summed E-state index contributed by atoms with van der Waals surface area (Å²) < 4.78 is 0. The summed E-state index contributed by atoms with van der Waals surface area (Å²) >= 11 is 5.55. The van der Waals surface area contributed by atoms with Gasteiger partial charge in [-0.3, -0.25) is 0 Å². The van der Waals surface area contributed by atoms with Gasteiger partial charge in [0.1, 0.15) is 5.82 Å². The zero-order valence-electron chi connectivity index (χ0n) is 17.3. The average Bonchev–Trinajstić information content (AvgIpc) is 3.26. The van der Waals surface area contributed by atoms with Gasteiger partial charge in [-0.1, -0.05) is 60.9 Å². The first-order valence-corrected chi connectivity index (χ1v) is 10.9. The summed E-state index contributed by atoms with van der Waals surface area (Å²) in [7, 11) is 0. The van der Waals surface area contributed by atoms with Gasteiger partial charge in [0.2, 0.25) is 0 Å². The van der Waals surface area contributed by atoms with Crippen molar-refractivity contribution < 1.29 is 0 Å². The van der Waals surface area contributed by atoms with Gasteiger partial charge in [-0.25, -0.2) is 4.98 Å². The van der Waals surface area contributed by atoms with Gasteiger partial charge < -0.3 is 16.0 Å². The summed E-state index contributed by atoms with van der Waals surface area (Å²) in [5.41, 5.74) is 4.72. The minimum absolute atomic E-state index is 0.174. The summed E-state index contributed by atoms with van der Waals surface area (Å²) in [6, 6.07) is 23.0. The van der Waals surface area contributed by atoms with Crippen LogP contribution in [0.25, 0.3) is 0 Å². The second-order valence-electron chi connectivity index (χ2n) is 8.08. The summed E-state index contributed by atoms with van der Waals surface area (Å²) in [6.45, 7) is 2.93. The van der Waals surface area contributed by atoms with Crippen molar-refractivity contribution in [2.24, 2.45) is 0 Å². The lowest BCUT2D eigenvalue weighted by Gasteiger charge is -2.30. The van der Waals surface area contributed by atoms with Crippen molar-refractivity contribution in [1.29, 1.82) is 0 Å². The van der Waals surface area contributed by atoms with E-state index in [-0.39, 0.29) is 5.41 Å². The number of pyridine rings is 1. The summed E-state index contributed by atoms with van der Waals surface area (Å²) in [4.78, 5) is 4.49. The van der Waals surface area contributed by atoms with E-state index in [4.69, 9.17) is 12.2 Å². The van der Waals surface area contributed by atoms with Crippen LogP contribution in [0.5, 0.6) is 0 Å². The number of hydrogen-bond acceptors (Lipinski definition) is 3. The number of aryl methyl sites for hydroxylation is 1. The largest absolute Gasteiger partial charge is 0.362 e. The number of rotatable bonds is 6. The Morgan fingerprint density at radius 2 is 1.63 bits per heavy atom. The van der Waals surface area contributed by atoms with Crippen molar-refractivity contribution in [2.45, 2.75) is 38.0 Å². The van der Waals surface area contributed by atoms with Gasteiger partial charge in [-0.2, -0.15) is 0 Å². The predicted molar refractivity (Wildman–Crippen MR) is 130 cm³/mol. The number of aromatic nitrogens is 1. The summed E-state index contributed by atoms with van der Waals surface area (Å²) in [5, 5.41) is 10.7. The van der Waals surface area contributed by atoms with E-state index in [0.29, 0.717) is 5.11 Å². The molecule has 1 aromatic heterocycles. The fraction of sp³-hybridized carbons (Fsp3) is 0.280. The quantitative estimate of drug-likeness (QED) is 0.435. The first-order valence-electron chi connectivity index (χ1n) is 10.5. The molecule has 5 heteroatoms. The van der Waals surface area contributed by atoms with Gasteiger partial charge in [-0.05, 0) is 61.8 Å². The number of anilines is 3. The Bertz CT molecular complexity index is 962. The van der Waals surface area contributed by atoms with Crippen molar-refractivity contribution in [3.63, 3.8) is 0 Å². The summed E-state index contributed by atoms with van der Waals surface area (Å²) in [5.74, 6) is 0.803. The average molecular weight is 417 g/mol. The lowest BCUT2D eigenvalue weighted by Crippen LogP contribution is -2.40. The zero-order valence-corrected chi connectivity index (χ0v) is 18.1. The maximum atomic E-state index is 5.55. The standard InChI is InChI=1S/C25H28N4S/c1-19-9-11-21(12-10-19)28-23-14-13-22(17-26-23)29-24(30)27-18-25(15-5-6-16-25)20-7-3-2-4-8-20/h2-4,7-14,17H,5-6,15-16,18H2,1H3,(H,26,28)(H2,27,29,30). The molecular formula is C25H28N4S. The molecule has 0 unspecified atom stereocenters. The van der Waals surface area contributed by atoms with Crippen LogP contribution >= 0.6 is 12.2 Å². The van der Waals surface area contributed by atoms with E-state index in [1.54, 1.807) is 6.20 Å². The van der Waals surface area contributed by atoms with E-state index in [1.807, 2.05) is 24.3 Å². The van der Waals surface area contributed by atoms with E-state index >= 15 is 0 Å². The lowest BCUT2D eigenvalue weighted by atomic mass is 9.79. The summed E-state index contributed by atoms with van der Waals surface area (Å²) in [6.07, 6.45) is 6.75. The molecule has 1 saturated carbocycles. The molecule has 3 aromatic rings. The third-order valence-electron chi connectivity index (χ3n) is 5.88. The van der Waals surface area contributed by atoms with Crippen LogP contribution in [0.1, 0.15) is 36.8 Å². The Labute approximate surface area is 184 Å². The molecule has 1 aliphatic carbocycles. The van der Waals surface area contributed by atoms with E-state index in [1.165, 1.54) is 36.8 Å². The highest BCUT2D eigenvalue weighted by Gasteiger charge is 2.35. The molecule has 0 radical (unpaired) electrons. The number of benzene rings is 2. The maximum Gasteiger partial charge on any atom is 0.170 e. The molecule has 0 aliphatic heterocycles. The topological polar surface area (TPSA) is 49.0 Å². The second-order valence-corrected chi connectivity index (χ2v) is 8.49. The van der Waals surface area contributed by atoms with Crippen LogP contribution < -0.4 is 16.0 Å². The van der Waals surface area contributed by atoms with Crippen molar-refractivity contribution in [3.05, 3.63) is 84.1 Å². The fourth-order valence-electron chi connectivity index (χ4n) is 4.16. The third kappa shape index (κ3) is 4.97. The van der Waals surface area contributed by atoms with Crippen LogP contribution in [0.4, 0.5) is 17.2 Å². The minimum atomic E-state index is 0.174. The molecule has 0 bridgehead atoms. The van der Waals surface area contributed by atoms with Crippen LogP contribution in [-0.4, -0.2) is 16.6 Å². The minimum Gasteiger partial charge on any atom is -0.362 e. The van der Waals surface area contributed by atoms with Gasteiger partial charge in [0.15, 0.2) is 5.11 Å². The highest BCUT2D eigenvalue weighted by atomic mass is 32.1. The van der Waals surface area contributed by atoms with E-state index < -0.39 is 0 Å². The van der Waals surface area contributed by atoms with Gasteiger partial charge in [0.05, 0.1) is 11.9 Å².